The Morgan fingerprint density at radius 1 is 1.40 bits per heavy atom. The minimum atomic E-state index is 0.137. The van der Waals surface area contributed by atoms with Crippen LogP contribution in [0, 0.1) is 12.8 Å². The van der Waals surface area contributed by atoms with Crippen LogP contribution in [0.15, 0.2) is 36.9 Å². The van der Waals surface area contributed by atoms with Crippen molar-refractivity contribution in [3.05, 3.63) is 42.5 Å². The maximum Gasteiger partial charge on any atom is 0.119 e. The summed E-state index contributed by atoms with van der Waals surface area (Å²) in [4.78, 5) is 0. The van der Waals surface area contributed by atoms with Crippen molar-refractivity contribution in [2.24, 2.45) is 5.92 Å². The van der Waals surface area contributed by atoms with E-state index < -0.39 is 0 Å². The SMILES string of the molecule is C=CCC(CO)COc1ccc(C)cc1. The Morgan fingerprint density at radius 2 is 2.07 bits per heavy atom. The molecule has 0 bridgehead atoms. The Hall–Kier alpha value is -1.28. The third-order valence-corrected chi connectivity index (χ3v) is 2.26. The molecular weight excluding hydrogens is 188 g/mol. The van der Waals surface area contributed by atoms with Gasteiger partial charge in [0.05, 0.1) is 6.61 Å². The molecule has 0 aliphatic carbocycles. The van der Waals surface area contributed by atoms with E-state index in [1.807, 2.05) is 31.2 Å². The summed E-state index contributed by atoms with van der Waals surface area (Å²) in [6.07, 6.45) is 2.59. The molecule has 2 heteroatoms. The molecule has 1 N–H and O–H groups in total. The molecular formula is C13H18O2. The van der Waals surface area contributed by atoms with E-state index >= 15 is 0 Å². The predicted octanol–water partition coefficient (Wildman–Crippen LogP) is 2.56. The van der Waals surface area contributed by atoms with Crippen LogP contribution >= 0.6 is 0 Å². The van der Waals surface area contributed by atoms with Gasteiger partial charge in [0.2, 0.25) is 0 Å². The molecule has 0 radical (unpaired) electrons. The van der Waals surface area contributed by atoms with E-state index in [-0.39, 0.29) is 12.5 Å². The van der Waals surface area contributed by atoms with E-state index in [2.05, 4.69) is 6.58 Å². The first kappa shape index (κ1) is 11.8. The van der Waals surface area contributed by atoms with Gasteiger partial charge in [-0.1, -0.05) is 23.8 Å². The lowest BCUT2D eigenvalue weighted by molar-refractivity contribution is 0.164. The van der Waals surface area contributed by atoms with Crippen molar-refractivity contribution >= 4 is 0 Å². The Bertz CT molecular complexity index is 290. The molecule has 0 aliphatic heterocycles. The fraction of sp³-hybridized carbons (Fsp3) is 0.385. The summed E-state index contributed by atoms with van der Waals surface area (Å²) in [6.45, 7) is 6.36. The van der Waals surface area contributed by atoms with Crippen LogP contribution in [0.2, 0.25) is 0 Å². The number of aryl methyl sites for hydroxylation is 1. The zero-order valence-electron chi connectivity index (χ0n) is 9.15. The molecule has 82 valence electrons. The lowest BCUT2D eigenvalue weighted by atomic mass is 10.1. The lowest BCUT2D eigenvalue weighted by Gasteiger charge is -2.13. The highest BCUT2D eigenvalue weighted by Crippen LogP contribution is 2.13. The Labute approximate surface area is 91.2 Å². The summed E-state index contributed by atoms with van der Waals surface area (Å²) >= 11 is 0. The summed E-state index contributed by atoms with van der Waals surface area (Å²) < 4.78 is 5.56. The van der Waals surface area contributed by atoms with Crippen molar-refractivity contribution in [3.8, 4) is 5.75 Å². The first-order valence-corrected chi connectivity index (χ1v) is 5.17. The van der Waals surface area contributed by atoms with Gasteiger partial charge in [0.25, 0.3) is 0 Å². The van der Waals surface area contributed by atoms with Gasteiger partial charge in [-0.2, -0.15) is 0 Å². The van der Waals surface area contributed by atoms with Gasteiger partial charge in [0.1, 0.15) is 5.75 Å². The van der Waals surface area contributed by atoms with Crippen molar-refractivity contribution in [3.63, 3.8) is 0 Å². The molecule has 0 fully saturated rings. The van der Waals surface area contributed by atoms with Crippen LogP contribution in [0.25, 0.3) is 0 Å². The fourth-order valence-electron chi connectivity index (χ4n) is 1.28. The third kappa shape index (κ3) is 4.17. The number of hydrogen-bond acceptors (Lipinski definition) is 2. The largest absolute Gasteiger partial charge is 0.493 e. The van der Waals surface area contributed by atoms with E-state index in [9.17, 15) is 0 Å². The van der Waals surface area contributed by atoms with E-state index in [0.717, 1.165) is 12.2 Å². The summed E-state index contributed by atoms with van der Waals surface area (Å²) in [7, 11) is 0. The van der Waals surface area contributed by atoms with Crippen LogP contribution in [0.5, 0.6) is 5.75 Å². The smallest absolute Gasteiger partial charge is 0.119 e. The van der Waals surface area contributed by atoms with E-state index in [4.69, 9.17) is 9.84 Å². The van der Waals surface area contributed by atoms with E-state index in [0.29, 0.717) is 6.61 Å². The predicted molar refractivity (Wildman–Crippen MR) is 62.1 cm³/mol. The maximum atomic E-state index is 9.05. The van der Waals surface area contributed by atoms with Crippen molar-refractivity contribution in [2.75, 3.05) is 13.2 Å². The number of hydrogen-bond donors (Lipinski definition) is 1. The zero-order chi connectivity index (χ0) is 11.1. The number of allylic oxidation sites excluding steroid dienone is 1. The van der Waals surface area contributed by atoms with Crippen LogP contribution in [0.3, 0.4) is 0 Å². The number of benzene rings is 1. The highest BCUT2D eigenvalue weighted by molar-refractivity contribution is 5.26. The van der Waals surface area contributed by atoms with E-state index in [1.54, 1.807) is 6.08 Å². The van der Waals surface area contributed by atoms with Crippen molar-refractivity contribution in [1.29, 1.82) is 0 Å². The molecule has 1 atom stereocenters. The Kier molecular flexibility index (Phi) is 4.91. The van der Waals surface area contributed by atoms with Crippen LogP contribution in [0.4, 0.5) is 0 Å². The Morgan fingerprint density at radius 3 is 2.60 bits per heavy atom. The molecule has 1 unspecified atom stereocenters. The second-order valence-electron chi connectivity index (χ2n) is 3.70. The normalized spacial score (nSPS) is 12.1. The van der Waals surface area contributed by atoms with Crippen molar-refractivity contribution < 1.29 is 9.84 Å². The Balaban J connectivity index is 2.41. The summed E-state index contributed by atoms with van der Waals surface area (Å²) in [6, 6.07) is 7.91. The van der Waals surface area contributed by atoms with Gasteiger partial charge in [0, 0.05) is 12.5 Å². The number of aliphatic hydroxyl groups is 1. The summed E-state index contributed by atoms with van der Waals surface area (Å²) in [5.74, 6) is 0.993. The minimum Gasteiger partial charge on any atom is -0.493 e. The molecule has 15 heavy (non-hydrogen) atoms. The molecule has 0 heterocycles. The lowest BCUT2D eigenvalue weighted by Crippen LogP contribution is -2.15. The standard InChI is InChI=1S/C13H18O2/c1-3-4-12(9-14)10-15-13-7-5-11(2)6-8-13/h3,5-8,12,14H,1,4,9-10H2,2H3. The number of rotatable bonds is 6. The zero-order valence-corrected chi connectivity index (χ0v) is 9.15. The molecule has 0 amide bonds. The third-order valence-electron chi connectivity index (χ3n) is 2.26. The fourth-order valence-corrected chi connectivity index (χ4v) is 1.28. The molecule has 1 aromatic rings. The molecule has 0 aromatic heterocycles. The first-order valence-electron chi connectivity index (χ1n) is 5.17. The van der Waals surface area contributed by atoms with Crippen molar-refractivity contribution in [2.45, 2.75) is 13.3 Å². The molecule has 0 saturated heterocycles. The summed E-state index contributed by atoms with van der Waals surface area (Å²) in [5.41, 5.74) is 1.21. The maximum absolute atomic E-state index is 9.05. The van der Waals surface area contributed by atoms with Crippen LogP contribution in [0.1, 0.15) is 12.0 Å². The van der Waals surface area contributed by atoms with E-state index in [1.165, 1.54) is 5.56 Å². The van der Waals surface area contributed by atoms with Gasteiger partial charge in [-0.3, -0.25) is 0 Å². The van der Waals surface area contributed by atoms with Crippen LogP contribution < -0.4 is 4.74 Å². The van der Waals surface area contributed by atoms with Gasteiger partial charge >= 0.3 is 0 Å². The topological polar surface area (TPSA) is 29.5 Å². The monoisotopic (exact) mass is 206 g/mol. The van der Waals surface area contributed by atoms with Crippen molar-refractivity contribution in [1.82, 2.24) is 0 Å². The van der Waals surface area contributed by atoms with Gasteiger partial charge in [-0.05, 0) is 25.5 Å². The van der Waals surface area contributed by atoms with Gasteiger partial charge < -0.3 is 9.84 Å². The number of ether oxygens (including phenoxy) is 1. The molecule has 1 aromatic carbocycles. The first-order chi connectivity index (χ1) is 7.26. The van der Waals surface area contributed by atoms with Crippen LogP contribution in [-0.4, -0.2) is 18.3 Å². The summed E-state index contributed by atoms with van der Waals surface area (Å²) in [5, 5.41) is 9.05. The van der Waals surface area contributed by atoms with Crippen LogP contribution in [-0.2, 0) is 0 Å². The average Bonchev–Trinajstić information content (AvgIpc) is 2.26. The van der Waals surface area contributed by atoms with Gasteiger partial charge in [-0.15, -0.1) is 6.58 Å². The molecule has 2 nitrogen and oxygen atoms in total. The highest BCUT2D eigenvalue weighted by atomic mass is 16.5. The highest BCUT2D eigenvalue weighted by Gasteiger charge is 2.05. The molecule has 0 aliphatic rings. The second-order valence-corrected chi connectivity index (χ2v) is 3.70. The molecule has 0 saturated carbocycles. The van der Waals surface area contributed by atoms with Gasteiger partial charge in [0.15, 0.2) is 0 Å². The molecule has 1 rings (SSSR count). The quantitative estimate of drug-likeness (QED) is 0.725. The minimum absolute atomic E-state index is 0.137. The average molecular weight is 206 g/mol. The second kappa shape index (κ2) is 6.25. The van der Waals surface area contributed by atoms with Gasteiger partial charge in [-0.25, -0.2) is 0 Å². The molecule has 0 spiro atoms. The number of aliphatic hydroxyl groups excluding tert-OH is 1.